The molecule has 0 aromatic heterocycles. The average Bonchev–Trinajstić information content (AvgIpc) is 1.99. The van der Waals surface area contributed by atoms with Crippen LogP contribution in [-0.2, 0) is 0 Å². The number of aliphatic hydroxyl groups excluding tert-OH is 3. The van der Waals surface area contributed by atoms with Gasteiger partial charge in [0.15, 0.2) is 0 Å². The van der Waals surface area contributed by atoms with E-state index in [1.807, 2.05) is 6.92 Å². The highest BCUT2D eigenvalue weighted by atomic mass is 16.4. The van der Waals surface area contributed by atoms with Gasteiger partial charge in [0.1, 0.15) is 6.10 Å². The van der Waals surface area contributed by atoms with Crippen molar-refractivity contribution in [3.63, 3.8) is 0 Å². The molecule has 0 spiro atoms. The molecule has 0 heterocycles. The van der Waals surface area contributed by atoms with Gasteiger partial charge in [-0.05, 0) is 18.8 Å². The maximum Gasteiger partial charge on any atom is 0.106 e. The van der Waals surface area contributed by atoms with Crippen molar-refractivity contribution in [2.75, 3.05) is 0 Å². The zero-order valence-electron chi connectivity index (χ0n) is 6.77. The second-order valence-corrected chi connectivity index (χ2v) is 3.37. The zero-order chi connectivity index (χ0) is 8.43. The molecule has 3 heteroatoms. The Labute approximate surface area is 66.7 Å². The first-order valence-corrected chi connectivity index (χ1v) is 4.19. The molecular formula is C8H16O3. The van der Waals surface area contributed by atoms with Crippen molar-refractivity contribution in [3.8, 4) is 0 Å². The minimum absolute atomic E-state index is 0.364. The van der Waals surface area contributed by atoms with Crippen molar-refractivity contribution in [2.24, 2.45) is 5.92 Å². The zero-order valence-corrected chi connectivity index (χ0v) is 6.77. The number of aliphatic hydroxyl groups is 3. The number of rotatable bonds is 1. The lowest BCUT2D eigenvalue weighted by Gasteiger charge is -2.33. The second-order valence-electron chi connectivity index (χ2n) is 3.37. The van der Waals surface area contributed by atoms with Crippen LogP contribution in [0.2, 0.25) is 0 Å². The second kappa shape index (κ2) is 3.52. The quantitative estimate of drug-likeness (QED) is 0.501. The summed E-state index contributed by atoms with van der Waals surface area (Å²) in [6, 6.07) is 0. The minimum Gasteiger partial charge on any atom is -0.390 e. The van der Waals surface area contributed by atoms with Crippen molar-refractivity contribution >= 4 is 0 Å². The Kier molecular flexibility index (Phi) is 2.87. The predicted molar refractivity (Wildman–Crippen MR) is 41.0 cm³/mol. The lowest BCUT2D eigenvalue weighted by atomic mass is 9.82. The Morgan fingerprint density at radius 3 is 1.91 bits per heavy atom. The summed E-state index contributed by atoms with van der Waals surface area (Å²) >= 11 is 0. The van der Waals surface area contributed by atoms with Crippen LogP contribution in [0.3, 0.4) is 0 Å². The van der Waals surface area contributed by atoms with Crippen molar-refractivity contribution in [1.82, 2.24) is 0 Å². The third-order valence-electron chi connectivity index (χ3n) is 2.52. The van der Waals surface area contributed by atoms with E-state index >= 15 is 0 Å². The molecule has 1 aliphatic carbocycles. The van der Waals surface area contributed by atoms with Crippen LogP contribution in [-0.4, -0.2) is 33.6 Å². The molecule has 1 saturated carbocycles. The summed E-state index contributed by atoms with van der Waals surface area (Å²) in [6.07, 6.45) is -0.199. The first kappa shape index (κ1) is 8.97. The summed E-state index contributed by atoms with van der Waals surface area (Å²) < 4.78 is 0. The Balaban J connectivity index is 2.47. The van der Waals surface area contributed by atoms with E-state index in [0.717, 1.165) is 6.42 Å². The van der Waals surface area contributed by atoms with E-state index in [-0.39, 0.29) is 0 Å². The van der Waals surface area contributed by atoms with Gasteiger partial charge in [0, 0.05) is 0 Å². The van der Waals surface area contributed by atoms with Gasteiger partial charge in [-0.25, -0.2) is 0 Å². The highest BCUT2D eigenvalue weighted by Crippen LogP contribution is 2.27. The molecular weight excluding hydrogens is 144 g/mol. The molecule has 0 amide bonds. The summed E-state index contributed by atoms with van der Waals surface area (Å²) in [5, 5.41) is 27.6. The Morgan fingerprint density at radius 2 is 1.55 bits per heavy atom. The van der Waals surface area contributed by atoms with Crippen LogP contribution in [0.25, 0.3) is 0 Å². The van der Waals surface area contributed by atoms with Gasteiger partial charge < -0.3 is 15.3 Å². The highest BCUT2D eigenvalue weighted by Gasteiger charge is 2.33. The van der Waals surface area contributed by atoms with Gasteiger partial charge in [0.2, 0.25) is 0 Å². The Hall–Kier alpha value is -0.120. The van der Waals surface area contributed by atoms with Crippen LogP contribution in [0.4, 0.5) is 0 Å². The van der Waals surface area contributed by atoms with Gasteiger partial charge >= 0.3 is 0 Å². The summed E-state index contributed by atoms with van der Waals surface area (Å²) in [5.74, 6) is 0.364. The van der Waals surface area contributed by atoms with Crippen molar-refractivity contribution in [2.45, 2.75) is 44.5 Å². The Morgan fingerprint density at radius 1 is 1.09 bits per heavy atom. The molecule has 4 atom stereocenters. The van der Waals surface area contributed by atoms with Crippen LogP contribution in [0.15, 0.2) is 0 Å². The van der Waals surface area contributed by atoms with E-state index < -0.39 is 18.3 Å². The Bertz CT molecular complexity index is 115. The largest absolute Gasteiger partial charge is 0.390 e. The molecule has 0 bridgehead atoms. The molecule has 1 fully saturated rings. The van der Waals surface area contributed by atoms with E-state index in [4.69, 9.17) is 5.11 Å². The summed E-state index contributed by atoms with van der Waals surface area (Å²) in [5.41, 5.74) is 0. The first-order valence-electron chi connectivity index (χ1n) is 4.19. The lowest BCUT2D eigenvalue weighted by molar-refractivity contribution is -0.1000. The normalized spacial score (nSPS) is 45.8. The van der Waals surface area contributed by atoms with Crippen LogP contribution < -0.4 is 0 Å². The van der Waals surface area contributed by atoms with Gasteiger partial charge in [-0.2, -0.15) is 0 Å². The maximum atomic E-state index is 9.24. The van der Waals surface area contributed by atoms with E-state index in [9.17, 15) is 10.2 Å². The molecule has 0 saturated heterocycles. The van der Waals surface area contributed by atoms with Crippen LogP contribution in [0.1, 0.15) is 26.2 Å². The monoisotopic (exact) mass is 160 g/mol. The van der Waals surface area contributed by atoms with E-state index in [1.54, 1.807) is 0 Å². The fraction of sp³-hybridized carbons (Fsp3) is 1.00. The van der Waals surface area contributed by atoms with Gasteiger partial charge in [-0.3, -0.25) is 0 Å². The van der Waals surface area contributed by atoms with Gasteiger partial charge in [-0.15, -0.1) is 0 Å². The van der Waals surface area contributed by atoms with Gasteiger partial charge in [0.05, 0.1) is 12.2 Å². The first-order chi connectivity index (χ1) is 5.15. The third kappa shape index (κ3) is 1.92. The molecule has 1 rings (SSSR count). The summed E-state index contributed by atoms with van der Waals surface area (Å²) in [7, 11) is 0. The summed E-state index contributed by atoms with van der Waals surface area (Å²) in [4.78, 5) is 0. The fourth-order valence-electron chi connectivity index (χ4n) is 1.65. The molecule has 3 N–H and O–H groups in total. The lowest BCUT2D eigenvalue weighted by Crippen LogP contribution is -2.44. The highest BCUT2D eigenvalue weighted by molar-refractivity contribution is 4.85. The third-order valence-corrected chi connectivity index (χ3v) is 2.52. The molecule has 11 heavy (non-hydrogen) atoms. The molecule has 0 aromatic rings. The molecule has 3 nitrogen and oxygen atoms in total. The number of hydrogen-bond acceptors (Lipinski definition) is 3. The topological polar surface area (TPSA) is 60.7 Å². The standard InChI is InChI=1S/C8H16O3/c1-2-5-3-6(9)8(11)7(10)4-5/h5-11H,2-4H2,1H3/t5?,6-,7?,8?/m1/s1. The predicted octanol–water partition coefficient (Wildman–Crippen LogP) is -0.111. The van der Waals surface area contributed by atoms with Gasteiger partial charge in [-0.1, -0.05) is 13.3 Å². The van der Waals surface area contributed by atoms with E-state index in [0.29, 0.717) is 18.8 Å². The molecule has 0 aliphatic heterocycles. The SMILES string of the molecule is CCC1CC(O)C(O)[C@H](O)C1. The smallest absolute Gasteiger partial charge is 0.106 e. The maximum absolute atomic E-state index is 9.24. The fourth-order valence-corrected chi connectivity index (χ4v) is 1.65. The van der Waals surface area contributed by atoms with E-state index in [1.165, 1.54) is 0 Å². The molecule has 0 radical (unpaired) electrons. The molecule has 66 valence electrons. The average molecular weight is 160 g/mol. The minimum atomic E-state index is -0.933. The molecule has 3 unspecified atom stereocenters. The van der Waals surface area contributed by atoms with Crippen LogP contribution >= 0.6 is 0 Å². The van der Waals surface area contributed by atoms with Crippen molar-refractivity contribution < 1.29 is 15.3 Å². The van der Waals surface area contributed by atoms with Crippen LogP contribution in [0, 0.1) is 5.92 Å². The summed E-state index contributed by atoms with van der Waals surface area (Å²) in [6.45, 7) is 2.03. The van der Waals surface area contributed by atoms with Crippen LogP contribution in [0.5, 0.6) is 0 Å². The number of hydrogen-bond donors (Lipinski definition) is 3. The molecule has 0 aromatic carbocycles. The van der Waals surface area contributed by atoms with Crippen molar-refractivity contribution in [1.29, 1.82) is 0 Å². The van der Waals surface area contributed by atoms with Crippen molar-refractivity contribution in [3.05, 3.63) is 0 Å². The molecule has 1 aliphatic rings. The van der Waals surface area contributed by atoms with E-state index in [2.05, 4.69) is 0 Å². The van der Waals surface area contributed by atoms with Gasteiger partial charge in [0.25, 0.3) is 0 Å².